The minimum atomic E-state index is -0.297. The van der Waals surface area contributed by atoms with Crippen LogP contribution in [0.4, 0.5) is 4.79 Å². The quantitative estimate of drug-likeness (QED) is 0.769. The van der Waals surface area contributed by atoms with Crippen molar-refractivity contribution in [3.8, 4) is 0 Å². The number of hydrogen-bond donors (Lipinski definition) is 0. The number of morpholine rings is 1. The Morgan fingerprint density at radius 1 is 1.50 bits per heavy atom. The molecule has 0 radical (unpaired) electrons. The van der Waals surface area contributed by atoms with E-state index in [9.17, 15) is 4.79 Å². The van der Waals surface area contributed by atoms with Crippen LogP contribution in [0.1, 0.15) is 5.56 Å². The van der Waals surface area contributed by atoms with E-state index in [-0.39, 0.29) is 12.2 Å². The molecule has 1 aromatic carbocycles. The van der Waals surface area contributed by atoms with E-state index in [0.717, 1.165) is 5.56 Å². The first kappa shape index (κ1) is 12.6. The van der Waals surface area contributed by atoms with Crippen LogP contribution in [-0.2, 0) is 16.1 Å². The van der Waals surface area contributed by atoms with Crippen LogP contribution < -0.4 is 0 Å². The molecule has 1 aromatic rings. The third kappa shape index (κ3) is 3.34. The molecule has 18 heavy (non-hydrogen) atoms. The van der Waals surface area contributed by atoms with Crippen molar-refractivity contribution in [2.75, 3.05) is 19.7 Å². The molecule has 0 bridgehead atoms. The Hall–Kier alpha value is -1.81. The van der Waals surface area contributed by atoms with Crippen molar-refractivity contribution in [1.82, 2.24) is 4.90 Å². The first-order valence-electron chi connectivity index (χ1n) is 5.99. The first-order chi connectivity index (χ1) is 8.79. The van der Waals surface area contributed by atoms with Gasteiger partial charge in [0.15, 0.2) is 0 Å². The largest absolute Gasteiger partial charge is 0.445 e. The Labute approximate surface area is 107 Å². The summed E-state index contributed by atoms with van der Waals surface area (Å²) in [6, 6.07) is 9.64. The SMILES string of the molecule is C=CC1CN(C(=O)OCc2ccccc2)CCO1. The molecular formula is C14H17NO3. The Kier molecular flexibility index (Phi) is 4.36. The lowest BCUT2D eigenvalue weighted by Crippen LogP contribution is -2.45. The first-order valence-corrected chi connectivity index (χ1v) is 5.99. The number of carbonyl (C=O) groups is 1. The molecule has 0 aliphatic carbocycles. The molecular weight excluding hydrogens is 230 g/mol. The van der Waals surface area contributed by atoms with Gasteiger partial charge in [0.2, 0.25) is 0 Å². The fraction of sp³-hybridized carbons (Fsp3) is 0.357. The number of benzene rings is 1. The molecule has 2 rings (SSSR count). The van der Waals surface area contributed by atoms with Crippen molar-refractivity contribution in [2.24, 2.45) is 0 Å². The molecule has 0 N–H and O–H groups in total. The minimum absolute atomic E-state index is 0.0944. The molecule has 1 atom stereocenters. The van der Waals surface area contributed by atoms with Crippen molar-refractivity contribution in [2.45, 2.75) is 12.7 Å². The van der Waals surface area contributed by atoms with Gasteiger partial charge in [0.1, 0.15) is 6.61 Å². The monoisotopic (exact) mass is 247 g/mol. The maximum absolute atomic E-state index is 11.8. The zero-order valence-corrected chi connectivity index (χ0v) is 10.2. The lowest BCUT2D eigenvalue weighted by Gasteiger charge is -2.30. The van der Waals surface area contributed by atoms with Crippen LogP contribution in [0.3, 0.4) is 0 Å². The molecule has 1 saturated heterocycles. The molecule has 4 nitrogen and oxygen atoms in total. The van der Waals surface area contributed by atoms with Gasteiger partial charge < -0.3 is 14.4 Å². The smallest absolute Gasteiger partial charge is 0.410 e. The van der Waals surface area contributed by atoms with E-state index in [4.69, 9.17) is 9.47 Å². The predicted molar refractivity (Wildman–Crippen MR) is 68.1 cm³/mol. The summed E-state index contributed by atoms with van der Waals surface area (Å²) in [6.45, 7) is 5.57. The number of rotatable bonds is 3. The van der Waals surface area contributed by atoms with E-state index in [0.29, 0.717) is 26.3 Å². The molecule has 96 valence electrons. The molecule has 0 spiro atoms. The average Bonchev–Trinajstić information content (AvgIpc) is 2.46. The molecule has 1 heterocycles. The van der Waals surface area contributed by atoms with Crippen molar-refractivity contribution >= 4 is 6.09 Å². The van der Waals surface area contributed by atoms with E-state index in [2.05, 4.69) is 6.58 Å². The normalized spacial score (nSPS) is 19.3. The molecule has 0 saturated carbocycles. The minimum Gasteiger partial charge on any atom is -0.445 e. The summed E-state index contributed by atoms with van der Waals surface area (Å²) in [7, 11) is 0. The van der Waals surface area contributed by atoms with E-state index in [1.54, 1.807) is 11.0 Å². The van der Waals surface area contributed by atoms with Gasteiger partial charge in [-0.1, -0.05) is 36.4 Å². The highest BCUT2D eigenvalue weighted by Crippen LogP contribution is 2.09. The fourth-order valence-electron chi connectivity index (χ4n) is 1.79. The van der Waals surface area contributed by atoms with Crippen molar-refractivity contribution in [3.63, 3.8) is 0 Å². The fourth-order valence-corrected chi connectivity index (χ4v) is 1.79. The third-order valence-corrected chi connectivity index (χ3v) is 2.82. The van der Waals surface area contributed by atoms with Gasteiger partial charge in [-0.3, -0.25) is 0 Å². The van der Waals surface area contributed by atoms with Gasteiger partial charge in [-0.25, -0.2) is 4.79 Å². The molecule has 0 aromatic heterocycles. The van der Waals surface area contributed by atoms with Crippen LogP contribution in [0, 0.1) is 0 Å². The maximum atomic E-state index is 11.8. The summed E-state index contributed by atoms with van der Waals surface area (Å²) < 4.78 is 10.7. The van der Waals surface area contributed by atoms with Gasteiger partial charge in [-0.05, 0) is 5.56 Å². The van der Waals surface area contributed by atoms with Crippen molar-refractivity contribution in [1.29, 1.82) is 0 Å². The number of ether oxygens (including phenoxy) is 2. The molecule has 1 unspecified atom stereocenters. The van der Waals surface area contributed by atoms with Crippen LogP contribution in [-0.4, -0.2) is 36.8 Å². The highest BCUT2D eigenvalue weighted by Gasteiger charge is 2.23. The predicted octanol–water partition coefficient (Wildman–Crippen LogP) is 2.21. The van der Waals surface area contributed by atoms with Gasteiger partial charge >= 0.3 is 6.09 Å². The zero-order chi connectivity index (χ0) is 12.8. The van der Waals surface area contributed by atoms with Crippen LogP contribution in [0.2, 0.25) is 0 Å². The second-order valence-corrected chi connectivity index (χ2v) is 4.13. The molecule has 1 aliphatic rings. The highest BCUT2D eigenvalue weighted by atomic mass is 16.6. The van der Waals surface area contributed by atoms with Gasteiger partial charge in [0.05, 0.1) is 19.3 Å². The summed E-state index contributed by atoms with van der Waals surface area (Å²) in [6.07, 6.45) is 1.31. The summed E-state index contributed by atoms with van der Waals surface area (Å²) in [5.74, 6) is 0. The van der Waals surface area contributed by atoms with E-state index in [1.807, 2.05) is 30.3 Å². The van der Waals surface area contributed by atoms with Crippen LogP contribution >= 0.6 is 0 Å². The Balaban J connectivity index is 1.82. The second kappa shape index (κ2) is 6.21. The summed E-state index contributed by atoms with van der Waals surface area (Å²) in [4.78, 5) is 13.5. The number of nitrogens with zero attached hydrogens (tertiary/aromatic N) is 1. The number of carbonyl (C=O) groups excluding carboxylic acids is 1. The van der Waals surface area contributed by atoms with Gasteiger partial charge in [-0.15, -0.1) is 6.58 Å². The van der Waals surface area contributed by atoms with Crippen LogP contribution in [0.5, 0.6) is 0 Å². The lowest BCUT2D eigenvalue weighted by atomic mass is 10.2. The van der Waals surface area contributed by atoms with Crippen molar-refractivity contribution in [3.05, 3.63) is 48.6 Å². The zero-order valence-electron chi connectivity index (χ0n) is 10.2. The number of amides is 1. The Bertz CT molecular complexity index is 405. The second-order valence-electron chi connectivity index (χ2n) is 4.13. The van der Waals surface area contributed by atoms with Crippen LogP contribution in [0.15, 0.2) is 43.0 Å². The standard InChI is InChI=1S/C14H17NO3/c1-2-13-10-15(8-9-17-13)14(16)18-11-12-6-4-3-5-7-12/h2-7,13H,1,8-11H2. The van der Waals surface area contributed by atoms with Gasteiger partial charge in [-0.2, -0.15) is 0 Å². The molecule has 1 aliphatic heterocycles. The lowest BCUT2D eigenvalue weighted by molar-refractivity contribution is -0.00653. The maximum Gasteiger partial charge on any atom is 0.410 e. The summed E-state index contributed by atoms with van der Waals surface area (Å²) >= 11 is 0. The topological polar surface area (TPSA) is 38.8 Å². The summed E-state index contributed by atoms with van der Waals surface area (Å²) in [5.41, 5.74) is 0.986. The third-order valence-electron chi connectivity index (χ3n) is 2.82. The number of hydrogen-bond acceptors (Lipinski definition) is 3. The van der Waals surface area contributed by atoms with E-state index in [1.165, 1.54) is 0 Å². The molecule has 4 heteroatoms. The van der Waals surface area contributed by atoms with Crippen LogP contribution in [0.25, 0.3) is 0 Å². The van der Waals surface area contributed by atoms with Gasteiger partial charge in [0, 0.05) is 6.54 Å². The highest BCUT2D eigenvalue weighted by molar-refractivity contribution is 5.67. The van der Waals surface area contributed by atoms with E-state index < -0.39 is 0 Å². The molecule has 1 fully saturated rings. The molecule has 1 amide bonds. The summed E-state index contributed by atoms with van der Waals surface area (Å²) in [5, 5.41) is 0. The Morgan fingerprint density at radius 2 is 2.28 bits per heavy atom. The van der Waals surface area contributed by atoms with Gasteiger partial charge in [0.25, 0.3) is 0 Å². The Morgan fingerprint density at radius 3 is 3.00 bits per heavy atom. The van der Waals surface area contributed by atoms with E-state index >= 15 is 0 Å². The average molecular weight is 247 g/mol. The van der Waals surface area contributed by atoms with Crippen molar-refractivity contribution < 1.29 is 14.3 Å².